The second kappa shape index (κ2) is 13.5. The van der Waals surface area contributed by atoms with Crippen molar-refractivity contribution in [1.29, 1.82) is 0 Å². The minimum absolute atomic E-state index is 0.202. The molecule has 0 aromatic heterocycles. The van der Waals surface area contributed by atoms with Gasteiger partial charge in [0.05, 0.1) is 0 Å². The molecule has 3 amide bonds. The number of hydrogen-bond donors (Lipinski definition) is 5. The Balaban J connectivity index is 2.76. The summed E-state index contributed by atoms with van der Waals surface area (Å²) in [5.41, 5.74) is 0.513. The first-order chi connectivity index (χ1) is 15.6. The SMILES string of the molecule is O=C(O)CNC(=O)[C@H](CS)NC(=O)CC[C@@H](C(=O)O)N(C(=O)OCc1ccccc1)[N+](=O)[O-]. The molecule has 33 heavy (non-hydrogen) atoms. The number of nitrogens with zero attached hydrogens (tertiary/aromatic N) is 2. The number of benzene rings is 1. The maximum absolute atomic E-state index is 12.2. The molecule has 14 nitrogen and oxygen atoms in total. The molecule has 2 atom stereocenters. The fraction of sp³-hybridized carbons (Fsp3) is 0.389. The van der Waals surface area contributed by atoms with Gasteiger partial charge in [-0.05, 0) is 17.0 Å². The Morgan fingerprint density at radius 3 is 2.30 bits per heavy atom. The lowest BCUT2D eigenvalue weighted by molar-refractivity contribution is -0.641. The smallest absolute Gasteiger partial charge is 0.469 e. The normalized spacial score (nSPS) is 12.0. The first-order valence-electron chi connectivity index (χ1n) is 9.33. The van der Waals surface area contributed by atoms with Crippen molar-refractivity contribution in [2.45, 2.75) is 31.5 Å². The Morgan fingerprint density at radius 1 is 1.15 bits per heavy atom. The number of aliphatic carboxylic acids is 2. The molecule has 180 valence electrons. The van der Waals surface area contributed by atoms with Gasteiger partial charge in [0.1, 0.15) is 19.2 Å². The molecule has 1 aromatic rings. The van der Waals surface area contributed by atoms with Gasteiger partial charge in [-0.25, -0.2) is 19.7 Å². The van der Waals surface area contributed by atoms with Crippen LogP contribution in [0.3, 0.4) is 0 Å². The van der Waals surface area contributed by atoms with Crippen molar-refractivity contribution in [3.63, 3.8) is 0 Å². The highest BCUT2D eigenvalue weighted by Crippen LogP contribution is 2.12. The molecule has 0 spiro atoms. The third-order valence-corrected chi connectivity index (χ3v) is 4.41. The fourth-order valence-corrected chi connectivity index (χ4v) is 2.71. The van der Waals surface area contributed by atoms with E-state index in [-0.39, 0.29) is 17.4 Å². The number of hydrazine groups is 1. The van der Waals surface area contributed by atoms with Gasteiger partial charge in [-0.1, -0.05) is 30.3 Å². The van der Waals surface area contributed by atoms with Gasteiger partial charge in [-0.15, -0.1) is 0 Å². The lowest BCUT2D eigenvalue weighted by Crippen LogP contribution is -2.51. The summed E-state index contributed by atoms with van der Waals surface area (Å²) in [7, 11) is 0. The molecule has 15 heteroatoms. The average molecular weight is 486 g/mol. The zero-order valence-corrected chi connectivity index (χ0v) is 18.0. The number of rotatable bonds is 13. The zero-order chi connectivity index (χ0) is 25.0. The summed E-state index contributed by atoms with van der Waals surface area (Å²) in [6.07, 6.45) is -2.81. The number of carboxylic acid groups (broad SMARTS) is 2. The first kappa shape index (κ1) is 27.2. The number of carboxylic acids is 2. The monoisotopic (exact) mass is 486 g/mol. The highest BCUT2D eigenvalue weighted by molar-refractivity contribution is 7.80. The molecule has 0 heterocycles. The molecule has 0 saturated heterocycles. The van der Waals surface area contributed by atoms with Gasteiger partial charge in [0.15, 0.2) is 11.1 Å². The van der Waals surface area contributed by atoms with Crippen molar-refractivity contribution in [2.75, 3.05) is 12.3 Å². The lowest BCUT2D eigenvalue weighted by Gasteiger charge is -2.20. The molecule has 0 aliphatic rings. The van der Waals surface area contributed by atoms with E-state index in [2.05, 4.69) is 17.9 Å². The van der Waals surface area contributed by atoms with E-state index in [1.54, 1.807) is 30.3 Å². The van der Waals surface area contributed by atoms with Gasteiger partial charge < -0.3 is 25.6 Å². The second-order valence-electron chi connectivity index (χ2n) is 6.43. The average Bonchev–Trinajstić information content (AvgIpc) is 2.77. The summed E-state index contributed by atoms with van der Waals surface area (Å²) in [6, 6.07) is 4.91. The molecule has 0 fully saturated rings. The summed E-state index contributed by atoms with van der Waals surface area (Å²) in [5, 5.41) is 32.0. The van der Waals surface area contributed by atoms with Crippen LogP contribution in [0, 0.1) is 10.1 Å². The number of carbonyl (C=O) groups is 5. The van der Waals surface area contributed by atoms with Crippen molar-refractivity contribution in [3.05, 3.63) is 46.0 Å². The van der Waals surface area contributed by atoms with E-state index < -0.39 is 66.3 Å². The van der Waals surface area contributed by atoms with Crippen LogP contribution in [0.5, 0.6) is 0 Å². The van der Waals surface area contributed by atoms with Gasteiger partial charge in [0.2, 0.25) is 11.8 Å². The van der Waals surface area contributed by atoms with Crippen LogP contribution in [-0.4, -0.2) is 74.5 Å². The third kappa shape index (κ3) is 9.42. The number of amides is 3. The number of ether oxygens (including phenoxy) is 1. The number of carbonyl (C=O) groups excluding carboxylic acids is 3. The predicted octanol–water partition coefficient (Wildman–Crippen LogP) is -0.334. The topological polar surface area (TPSA) is 205 Å². The van der Waals surface area contributed by atoms with Crippen LogP contribution in [0.4, 0.5) is 4.79 Å². The van der Waals surface area contributed by atoms with E-state index >= 15 is 0 Å². The van der Waals surface area contributed by atoms with Crippen LogP contribution in [-0.2, 0) is 30.5 Å². The third-order valence-electron chi connectivity index (χ3n) is 4.04. The summed E-state index contributed by atoms with van der Waals surface area (Å²) < 4.78 is 4.82. The maximum atomic E-state index is 12.2. The summed E-state index contributed by atoms with van der Waals surface area (Å²) in [6.45, 7) is -1.03. The summed E-state index contributed by atoms with van der Waals surface area (Å²) >= 11 is 3.88. The molecule has 0 aliphatic heterocycles. The molecule has 4 N–H and O–H groups in total. The van der Waals surface area contributed by atoms with Crippen LogP contribution in [0.2, 0.25) is 0 Å². The van der Waals surface area contributed by atoms with Crippen LogP contribution in [0.25, 0.3) is 0 Å². The quantitative estimate of drug-likeness (QED) is 0.139. The van der Waals surface area contributed by atoms with Crippen molar-refractivity contribution >= 4 is 42.5 Å². The standard InChI is InChI=1S/C18H22N4O10S/c23-14(20-12(10-33)16(26)19-8-15(24)25)7-6-13(17(27)28)21(22(30)31)18(29)32-9-11-4-2-1-3-5-11/h1-5,12-13,33H,6-10H2,(H,19,26)(H,20,23)(H,24,25)(H,27,28)/t12-,13-/m0/s1. The second-order valence-corrected chi connectivity index (χ2v) is 6.79. The van der Waals surface area contributed by atoms with Crippen molar-refractivity contribution in [1.82, 2.24) is 15.6 Å². The Bertz CT molecular complexity index is 882. The van der Waals surface area contributed by atoms with Crippen molar-refractivity contribution < 1.29 is 44.0 Å². The highest BCUT2D eigenvalue weighted by Gasteiger charge is 2.40. The molecule has 0 bridgehead atoms. The van der Waals surface area contributed by atoms with Crippen molar-refractivity contribution in [3.8, 4) is 0 Å². The molecular weight excluding hydrogens is 464 g/mol. The number of thiol groups is 1. The van der Waals surface area contributed by atoms with Crippen LogP contribution in [0.1, 0.15) is 18.4 Å². The summed E-state index contributed by atoms with van der Waals surface area (Å²) in [4.78, 5) is 69.5. The number of nitrogens with one attached hydrogen (secondary N) is 2. The maximum Gasteiger partial charge on any atom is 0.469 e. The van der Waals surface area contributed by atoms with E-state index in [9.17, 15) is 39.2 Å². The van der Waals surface area contributed by atoms with E-state index in [1.807, 2.05) is 5.32 Å². The molecule has 0 saturated carbocycles. The van der Waals surface area contributed by atoms with E-state index in [1.165, 1.54) is 0 Å². The molecule has 1 rings (SSSR count). The first-order valence-corrected chi connectivity index (χ1v) is 9.96. The molecule has 1 aromatic carbocycles. The van der Waals surface area contributed by atoms with E-state index in [0.29, 0.717) is 5.56 Å². The molecule has 0 unspecified atom stereocenters. The van der Waals surface area contributed by atoms with Crippen LogP contribution in [0.15, 0.2) is 30.3 Å². The van der Waals surface area contributed by atoms with Crippen LogP contribution < -0.4 is 10.6 Å². The Morgan fingerprint density at radius 2 is 1.79 bits per heavy atom. The van der Waals surface area contributed by atoms with Gasteiger partial charge in [0, 0.05) is 12.2 Å². The fourth-order valence-electron chi connectivity index (χ4n) is 2.46. The lowest BCUT2D eigenvalue weighted by atomic mass is 10.1. The van der Waals surface area contributed by atoms with E-state index in [0.717, 1.165) is 0 Å². The Hall–Kier alpha value is -3.88. The Kier molecular flexibility index (Phi) is 11.1. The predicted molar refractivity (Wildman–Crippen MR) is 113 cm³/mol. The molecular formula is C18H22N4O10S. The van der Waals surface area contributed by atoms with Gasteiger partial charge in [0.25, 0.3) is 0 Å². The minimum atomic E-state index is -2.04. The number of nitro groups is 1. The van der Waals surface area contributed by atoms with Gasteiger partial charge in [-0.2, -0.15) is 12.6 Å². The Labute approximate surface area is 192 Å². The largest absolute Gasteiger partial charge is 0.480 e. The summed E-state index contributed by atoms with van der Waals surface area (Å²) in [5.74, 6) is -4.97. The minimum Gasteiger partial charge on any atom is -0.480 e. The van der Waals surface area contributed by atoms with Crippen LogP contribution >= 0.6 is 12.6 Å². The molecule has 0 aliphatic carbocycles. The molecule has 0 radical (unpaired) electrons. The highest BCUT2D eigenvalue weighted by atomic mass is 32.1. The van der Waals surface area contributed by atoms with E-state index in [4.69, 9.17) is 9.84 Å². The van der Waals surface area contributed by atoms with Gasteiger partial charge in [-0.3, -0.25) is 14.4 Å². The zero-order valence-electron chi connectivity index (χ0n) is 17.1. The van der Waals surface area contributed by atoms with Gasteiger partial charge >= 0.3 is 18.0 Å². The van der Waals surface area contributed by atoms with Crippen molar-refractivity contribution in [2.24, 2.45) is 0 Å². The number of hydrogen-bond acceptors (Lipinski definition) is 9.